The number of carbonyl (C=O) groups is 1. The van der Waals surface area contributed by atoms with E-state index >= 15 is 0 Å². The highest BCUT2D eigenvalue weighted by atomic mass is 16.7. The summed E-state index contributed by atoms with van der Waals surface area (Å²) in [6.45, 7) is 0.657. The maximum Gasteiger partial charge on any atom is 0.319 e. The van der Waals surface area contributed by atoms with Crippen LogP contribution in [0.4, 0.5) is 10.5 Å². The standard InChI is InChI=1S/C36H40N4O4/c41-21-23-5-7-27(8-6-23)33-16-30(20-40-22-37-31-3-1-2-4-32(31)40)43-34(44-33)28-9-11-29(12-10-28)38-35(42)39-36-17-24-13-25(18-36)15-26(14-24)19-36/h1-12,22,24-26,30,33-34,41H,13-21H2,(H2,38,39,42)/t24?,25?,26?,30-,33+,34+,36?/m1/s1. The molecule has 9 rings (SSSR count). The van der Waals surface area contributed by atoms with Gasteiger partial charge in [-0.2, -0.15) is 0 Å². The number of amides is 2. The molecule has 4 aromatic rings. The van der Waals surface area contributed by atoms with Crippen LogP contribution in [0.5, 0.6) is 0 Å². The lowest BCUT2D eigenvalue weighted by molar-refractivity contribution is -0.252. The van der Waals surface area contributed by atoms with E-state index in [0.717, 1.165) is 70.4 Å². The molecule has 1 saturated heterocycles. The minimum absolute atomic E-state index is 0.00875. The third-order valence-electron chi connectivity index (χ3n) is 10.4. The molecule has 1 aromatic heterocycles. The van der Waals surface area contributed by atoms with Gasteiger partial charge in [0.15, 0.2) is 6.29 Å². The average Bonchev–Trinajstić information content (AvgIpc) is 3.43. The number of urea groups is 1. The van der Waals surface area contributed by atoms with Crippen LogP contribution in [0, 0.1) is 17.8 Å². The largest absolute Gasteiger partial charge is 0.392 e. The normalized spacial score (nSPS) is 30.8. The lowest BCUT2D eigenvalue weighted by atomic mass is 9.53. The van der Waals surface area contributed by atoms with Gasteiger partial charge in [0.05, 0.1) is 42.7 Å². The average molecular weight is 593 g/mol. The van der Waals surface area contributed by atoms with Crippen molar-refractivity contribution in [3.63, 3.8) is 0 Å². The zero-order valence-electron chi connectivity index (χ0n) is 24.9. The van der Waals surface area contributed by atoms with Crippen molar-refractivity contribution < 1.29 is 19.4 Å². The Hall–Kier alpha value is -3.72. The molecule has 4 bridgehead atoms. The minimum Gasteiger partial charge on any atom is -0.392 e. The maximum absolute atomic E-state index is 13.1. The summed E-state index contributed by atoms with van der Waals surface area (Å²) in [6, 6.07) is 23.8. The van der Waals surface area contributed by atoms with E-state index in [4.69, 9.17) is 9.47 Å². The van der Waals surface area contributed by atoms with Gasteiger partial charge in [-0.05, 0) is 91.7 Å². The number of aliphatic hydroxyl groups excluding tert-OH is 1. The van der Waals surface area contributed by atoms with Gasteiger partial charge in [0.1, 0.15) is 0 Å². The monoisotopic (exact) mass is 592 g/mol. The Labute approximate surface area is 257 Å². The molecular formula is C36H40N4O4. The fourth-order valence-corrected chi connectivity index (χ4v) is 8.80. The number of imidazole rings is 1. The molecule has 8 nitrogen and oxygen atoms in total. The summed E-state index contributed by atoms with van der Waals surface area (Å²) in [5, 5.41) is 16.0. The number of carbonyl (C=O) groups excluding carboxylic acids is 1. The summed E-state index contributed by atoms with van der Waals surface area (Å²) in [6.07, 6.45) is 9.14. The molecule has 5 aliphatic rings. The van der Waals surface area contributed by atoms with E-state index in [1.165, 1.54) is 19.3 Å². The van der Waals surface area contributed by atoms with Crippen molar-refractivity contribution in [1.29, 1.82) is 0 Å². The molecule has 8 heteroatoms. The van der Waals surface area contributed by atoms with E-state index in [1.807, 2.05) is 73.1 Å². The van der Waals surface area contributed by atoms with Crippen LogP contribution in [0.3, 0.4) is 0 Å². The summed E-state index contributed by atoms with van der Waals surface area (Å²) < 4.78 is 15.2. The maximum atomic E-state index is 13.1. The number of hydrogen-bond donors (Lipinski definition) is 3. The van der Waals surface area contributed by atoms with Gasteiger partial charge in [0.2, 0.25) is 0 Å². The van der Waals surface area contributed by atoms with Crippen LogP contribution in [0.2, 0.25) is 0 Å². The summed E-state index contributed by atoms with van der Waals surface area (Å²) in [5.74, 6) is 2.34. The van der Waals surface area contributed by atoms with E-state index in [9.17, 15) is 9.90 Å². The SMILES string of the molecule is O=C(Nc1ccc([C@H]2O[C@@H](Cn3cnc4ccccc43)C[C@@H](c3ccc(CO)cc3)O2)cc1)NC12CC3CC(CC(C3)C1)C2. The van der Waals surface area contributed by atoms with Gasteiger partial charge in [-0.1, -0.05) is 48.5 Å². The second-order valence-corrected chi connectivity index (χ2v) is 13.6. The molecule has 5 fully saturated rings. The molecule has 0 radical (unpaired) electrons. The van der Waals surface area contributed by atoms with Crippen LogP contribution in [-0.4, -0.2) is 32.3 Å². The van der Waals surface area contributed by atoms with Crippen LogP contribution in [-0.2, 0) is 22.6 Å². The number of benzene rings is 3. The quantitative estimate of drug-likeness (QED) is 0.218. The number of ether oxygens (including phenoxy) is 2. The predicted molar refractivity (Wildman–Crippen MR) is 168 cm³/mol. The Bertz CT molecular complexity index is 1600. The molecule has 3 atom stereocenters. The van der Waals surface area contributed by atoms with Gasteiger partial charge < -0.3 is 29.8 Å². The van der Waals surface area contributed by atoms with Crippen molar-refractivity contribution in [1.82, 2.24) is 14.9 Å². The first kappa shape index (κ1) is 27.8. The number of aromatic nitrogens is 2. The Balaban J connectivity index is 0.976. The molecule has 44 heavy (non-hydrogen) atoms. The van der Waals surface area contributed by atoms with Gasteiger partial charge in [-0.25, -0.2) is 9.78 Å². The first-order valence-electron chi connectivity index (χ1n) is 16.1. The van der Waals surface area contributed by atoms with Crippen molar-refractivity contribution in [3.05, 3.63) is 95.8 Å². The number of aliphatic hydroxyl groups is 1. The van der Waals surface area contributed by atoms with E-state index in [0.29, 0.717) is 13.0 Å². The molecule has 228 valence electrons. The molecule has 4 aliphatic carbocycles. The lowest BCUT2D eigenvalue weighted by Crippen LogP contribution is -2.60. The number of nitrogens with one attached hydrogen (secondary N) is 2. The summed E-state index contributed by atoms with van der Waals surface area (Å²) in [4.78, 5) is 17.7. The molecular weight excluding hydrogens is 552 g/mol. The van der Waals surface area contributed by atoms with Crippen molar-refractivity contribution in [2.45, 2.75) is 82.1 Å². The lowest BCUT2D eigenvalue weighted by Gasteiger charge is -2.56. The van der Waals surface area contributed by atoms with E-state index < -0.39 is 6.29 Å². The number of rotatable bonds is 7. The van der Waals surface area contributed by atoms with Gasteiger partial charge in [0, 0.05) is 23.2 Å². The van der Waals surface area contributed by atoms with Crippen molar-refractivity contribution >= 4 is 22.8 Å². The second-order valence-electron chi connectivity index (χ2n) is 13.6. The molecule has 3 N–H and O–H groups in total. The fraction of sp³-hybridized carbons (Fsp3) is 0.444. The van der Waals surface area contributed by atoms with Crippen LogP contribution >= 0.6 is 0 Å². The fourth-order valence-electron chi connectivity index (χ4n) is 8.80. The van der Waals surface area contributed by atoms with E-state index in [2.05, 4.69) is 26.3 Å². The zero-order valence-corrected chi connectivity index (χ0v) is 24.9. The Morgan fingerprint density at radius 2 is 1.55 bits per heavy atom. The highest BCUT2D eigenvalue weighted by Gasteiger charge is 2.51. The van der Waals surface area contributed by atoms with E-state index in [-0.39, 0.29) is 30.4 Å². The third kappa shape index (κ3) is 5.51. The molecule has 3 aromatic carbocycles. The predicted octanol–water partition coefficient (Wildman–Crippen LogP) is 6.86. The number of fused-ring (bicyclic) bond motifs is 1. The first-order chi connectivity index (χ1) is 21.5. The first-order valence-corrected chi connectivity index (χ1v) is 16.1. The number of nitrogens with zero attached hydrogens (tertiary/aromatic N) is 2. The number of anilines is 1. The number of para-hydroxylation sites is 2. The van der Waals surface area contributed by atoms with Crippen LogP contribution < -0.4 is 10.6 Å². The molecule has 0 spiro atoms. The van der Waals surface area contributed by atoms with E-state index in [1.54, 1.807) is 0 Å². The zero-order chi connectivity index (χ0) is 29.7. The summed E-state index contributed by atoms with van der Waals surface area (Å²) in [5.41, 5.74) is 5.58. The second kappa shape index (κ2) is 11.3. The molecule has 1 aliphatic heterocycles. The topological polar surface area (TPSA) is 97.6 Å². The summed E-state index contributed by atoms with van der Waals surface area (Å²) in [7, 11) is 0. The van der Waals surface area contributed by atoms with Gasteiger partial charge in [0.25, 0.3) is 0 Å². The van der Waals surface area contributed by atoms with Gasteiger partial charge in [-0.3, -0.25) is 0 Å². The molecule has 4 saturated carbocycles. The minimum atomic E-state index is -0.569. The van der Waals surface area contributed by atoms with Crippen LogP contribution in [0.1, 0.15) is 74.0 Å². The molecule has 2 amide bonds. The Kier molecular flexibility index (Phi) is 7.16. The van der Waals surface area contributed by atoms with Crippen LogP contribution in [0.15, 0.2) is 79.1 Å². The Morgan fingerprint density at radius 3 is 2.25 bits per heavy atom. The van der Waals surface area contributed by atoms with Crippen molar-refractivity contribution in [2.75, 3.05) is 5.32 Å². The Morgan fingerprint density at radius 1 is 0.864 bits per heavy atom. The highest BCUT2D eigenvalue weighted by molar-refractivity contribution is 5.89. The summed E-state index contributed by atoms with van der Waals surface area (Å²) >= 11 is 0. The highest BCUT2D eigenvalue weighted by Crippen LogP contribution is 2.55. The van der Waals surface area contributed by atoms with Crippen LogP contribution in [0.25, 0.3) is 11.0 Å². The van der Waals surface area contributed by atoms with Gasteiger partial charge >= 0.3 is 6.03 Å². The third-order valence-corrected chi connectivity index (χ3v) is 10.4. The smallest absolute Gasteiger partial charge is 0.319 e. The van der Waals surface area contributed by atoms with Crippen molar-refractivity contribution in [3.8, 4) is 0 Å². The molecule has 2 heterocycles. The number of hydrogen-bond acceptors (Lipinski definition) is 5. The molecule has 0 unspecified atom stereocenters. The van der Waals surface area contributed by atoms with Gasteiger partial charge in [-0.15, -0.1) is 0 Å². The van der Waals surface area contributed by atoms with Crippen molar-refractivity contribution in [2.24, 2.45) is 17.8 Å².